The first-order valence-corrected chi connectivity index (χ1v) is 7.18. The minimum Gasteiger partial charge on any atom is -0.237 e. The van der Waals surface area contributed by atoms with E-state index >= 15 is 0 Å². The van der Waals surface area contributed by atoms with E-state index in [1.54, 1.807) is 23.5 Å². The summed E-state index contributed by atoms with van der Waals surface area (Å²) in [4.78, 5) is 4.52. The number of aromatic nitrogens is 1. The summed E-state index contributed by atoms with van der Waals surface area (Å²) in [5.74, 6) is 0. The van der Waals surface area contributed by atoms with Gasteiger partial charge in [-0.1, -0.05) is 29.8 Å². The molecule has 0 aliphatic carbocycles. The van der Waals surface area contributed by atoms with Crippen LogP contribution < -0.4 is 0 Å². The third kappa shape index (κ3) is 2.72. The first kappa shape index (κ1) is 12.9. The van der Waals surface area contributed by atoms with Crippen molar-refractivity contribution in [2.45, 2.75) is 0 Å². The Morgan fingerprint density at radius 2 is 1.90 bits per heavy atom. The summed E-state index contributed by atoms with van der Waals surface area (Å²) >= 11 is 7.57. The molecule has 3 aromatic rings. The molecule has 2 aromatic carbocycles. The molecule has 0 unspecified atom stereocenters. The van der Waals surface area contributed by atoms with E-state index in [2.05, 4.69) is 11.1 Å². The summed E-state index contributed by atoms with van der Waals surface area (Å²) in [6.07, 6.45) is 3.96. The molecule has 0 saturated heterocycles. The zero-order chi connectivity index (χ0) is 13.9. The van der Waals surface area contributed by atoms with Gasteiger partial charge in [0.15, 0.2) is 0 Å². The van der Waals surface area contributed by atoms with Crippen LogP contribution in [0.5, 0.6) is 0 Å². The number of hydrogen-bond donors (Lipinski definition) is 0. The van der Waals surface area contributed by atoms with Crippen LogP contribution in [0.3, 0.4) is 0 Å². The van der Waals surface area contributed by atoms with Crippen LogP contribution in [-0.4, -0.2) is 4.98 Å². The van der Waals surface area contributed by atoms with Gasteiger partial charge in [-0.25, -0.2) is 4.98 Å². The van der Waals surface area contributed by atoms with Crippen molar-refractivity contribution in [3.8, 4) is 6.07 Å². The average molecular weight is 297 g/mol. The quantitative estimate of drug-likeness (QED) is 0.668. The Bertz CT molecular complexity index is 826. The lowest BCUT2D eigenvalue weighted by atomic mass is 10.1. The van der Waals surface area contributed by atoms with Gasteiger partial charge in [-0.3, -0.25) is 0 Å². The molecule has 0 aliphatic rings. The number of thiazole rings is 1. The summed E-state index contributed by atoms with van der Waals surface area (Å²) in [5, 5.41) is 10.4. The van der Waals surface area contributed by atoms with Crippen molar-refractivity contribution < 1.29 is 0 Å². The number of benzene rings is 2. The maximum atomic E-state index is 8.75. The van der Waals surface area contributed by atoms with Gasteiger partial charge >= 0.3 is 0 Å². The van der Waals surface area contributed by atoms with Crippen molar-refractivity contribution in [1.29, 1.82) is 5.26 Å². The maximum Gasteiger partial charge on any atom is 0.117 e. The number of halogens is 1. The highest BCUT2D eigenvalue weighted by Gasteiger charge is 2.01. The van der Waals surface area contributed by atoms with Crippen LogP contribution in [0.15, 0.2) is 42.5 Å². The van der Waals surface area contributed by atoms with E-state index in [1.807, 2.05) is 42.5 Å². The number of hydrogen-bond acceptors (Lipinski definition) is 3. The zero-order valence-electron chi connectivity index (χ0n) is 10.4. The normalized spacial score (nSPS) is 11.0. The highest BCUT2D eigenvalue weighted by Crippen LogP contribution is 2.26. The molecule has 2 nitrogen and oxygen atoms in total. The number of nitriles is 1. The summed E-state index contributed by atoms with van der Waals surface area (Å²) < 4.78 is 1.12. The first-order valence-electron chi connectivity index (χ1n) is 5.99. The molecular weight excluding hydrogens is 288 g/mol. The van der Waals surface area contributed by atoms with Crippen molar-refractivity contribution in [3.63, 3.8) is 0 Å². The van der Waals surface area contributed by atoms with Gasteiger partial charge in [-0.15, -0.1) is 11.3 Å². The second-order valence-electron chi connectivity index (χ2n) is 4.23. The van der Waals surface area contributed by atoms with Crippen molar-refractivity contribution in [3.05, 3.63) is 63.6 Å². The van der Waals surface area contributed by atoms with Crippen molar-refractivity contribution in [2.75, 3.05) is 0 Å². The maximum absolute atomic E-state index is 8.75. The predicted molar refractivity (Wildman–Crippen MR) is 84.7 cm³/mol. The molecule has 0 amide bonds. The van der Waals surface area contributed by atoms with Crippen LogP contribution in [0.25, 0.3) is 22.4 Å². The summed E-state index contributed by atoms with van der Waals surface area (Å²) in [7, 11) is 0. The third-order valence-corrected chi connectivity index (χ3v) is 4.06. The van der Waals surface area contributed by atoms with Crippen LogP contribution in [0.4, 0.5) is 0 Å². The second-order valence-corrected chi connectivity index (χ2v) is 5.73. The van der Waals surface area contributed by atoms with Crippen molar-refractivity contribution >= 4 is 45.3 Å². The topological polar surface area (TPSA) is 36.7 Å². The van der Waals surface area contributed by atoms with Crippen LogP contribution in [0.2, 0.25) is 5.02 Å². The van der Waals surface area contributed by atoms with Gasteiger partial charge < -0.3 is 0 Å². The molecule has 0 radical (unpaired) electrons. The molecule has 0 atom stereocenters. The Kier molecular flexibility index (Phi) is 3.51. The van der Waals surface area contributed by atoms with Gasteiger partial charge in [-0.05, 0) is 42.0 Å². The lowest BCUT2D eigenvalue weighted by molar-refractivity contribution is 1.46. The standard InChI is InChI=1S/C16H9ClN2S/c17-13-6-7-15-14(9-13)19-16(20-15)8-5-11-1-3-12(10-18)4-2-11/h1-9H/b8-5+. The monoisotopic (exact) mass is 296 g/mol. The highest BCUT2D eigenvalue weighted by molar-refractivity contribution is 7.19. The molecular formula is C16H9ClN2S. The van der Waals surface area contributed by atoms with Gasteiger partial charge in [0.1, 0.15) is 5.01 Å². The fraction of sp³-hybridized carbons (Fsp3) is 0. The fourth-order valence-electron chi connectivity index (χ4n) is 1.83. The Morgan fingerprint density at radius 1 is 1.10 bits per heavy atom. The Hall–Kier alpha value is -2.15. The molecule has 96 valence electrons. The van der Waals surface area contributed by atoms with E-state index in [9.17, 15) is 0 Å². The minimum atomic E-state index is 0.664. The van der Waals surface area contributed by atoms with Crippen LogP contribution in [-0.2, 0) is 0 Å². The molecule has 20 heavy (non-hydrogen) atoms. The Morgan fingerprint density at radius 3 is 2.65 bits per heavy atom. The molecule has 1 aromatic heterocycles. The molecule has 0 spiro atoms. The van der Waals surface area contributed by atoms with Gasteiger partial charge in [0.25, 0.3) is 0 Å². The van der Waals surface area contributed by atoms with Crippen LogP contribution in [0, 0.1) is 11.3 Å². The van der Waals surface area contributed by atoms with Gasteiger partial charge in [0.05, 0.1) is 21.8 Å². The van der Waals surface area contributed by atoms with Gasteiger partial charge in [-0.2, -0.15) is 5.26 Å². The number of rotatable bonds is 2. The van der Waals surface area contributed by atoms with Crippen molar-refractivity contribution in [1.82, 2.24) is 4.98 Å². The second kappa shape index (κ2) is 5.46. The molecule has 0 N–H and O–H groups in total. The lowest BCUT2D eigenvalue weighted by Crippen LogP contribution is -1.75. The summed E-state index contributed by atoms with van der Waals surface area (Å²) in [5.41, 5.74) is 2.63. The van der Waals surface area contributed by atoms with E-state index in [4.69, 9.17) is 16.9 Å². The van der Waals surface area contributed by atoms with Gasteiger partial charge in [0.2, 0.25) is 0 Å². The van der Waals surface area contributed by atoms with Crippen LogP contribution >= 0.6 is 22.9 Å². The molecule has 1 heterocycles. The fourth-order valence-corrected chi connectivity index (χ4v) is 2.84. The number of nitrogens with zero attached hydrogens (tertiary/aromatic N) is 2. The van der Waals surface area contributed by atoms with Crippen molar-refractivity contribution in [2.24, 2.45) is 0 Å². The highest BCUT2D eigenvalue weighted by atomic mass is 35.5. The van der Waals surface area contributed by atoms with E-state index < -0.39 is 0 Å². The zero-order valence-corrected chi connectivity index (χ0v) is 11.9. The van der Waals surface area contributed by atoms with E-state index in [1.165, 1.54) is 0 Å². The number of fused-ring (bicyclic) bond motifs is 1. The molecule has 0 saturated carbocycles. The van der Waals surface area contributed by atoms with E-state index in [0.717, 1.165) is 20.8 Å². The SMILES string of the molecule is N#Cc1ccc(/C=C/c2nc3cc(Cl)ccc3s2)cc1. The average Bonchev–Trinajstić information content (AvgIpc) is 2.87. The van der Waals surface area contributed by atoms with Crippen LogP contribution in [0.1, 0.15) is 16.1 Å². The molecule has 0 bridgehead atoms. The van der Waals surface area contributed by atoms with E-state index in [0.29, 0.717) is 10.6 Å². The first-order chi connectivity index (χ1) is 9.74. The largest absolute Gasteiger partial charge is 0.237 e. The summed E-state index contributed by atoms with van der Waals surface area (Å²) in [6, 6.07) is 15.3. The Balaban J connectivity index is 1.88. The molecule has 0 aliphatic heterocycles. The van der Waals surface area contributed by atoms with Gasteiger partial charge in [0, 0.05) is 5.02 Å². The molecule has 4 heteroatoms. The lowest BCUT2D eigenvalue weighted by Gasteiger charge is -1.92. The summed E-state index contributed by atoms with van der Waals surface area (Å²) in [6.45, 7) is 0. The molecule has 0 fully saturated rings. The third-order valence-electron chi connectivity index (χ3n) is 2.82. The minimum absolute atomic E-state index is 0.664. The smallest absolute Gasteiger partial charge is 0.117 e. The van der Waals surface area contributed by atoms with E-state index in [-0.39, 0.29) is 0 Å². The Labute approximate surface area is 125 Å². The predicted octanol–water partition coefficient (Wildman–Crippen LogP) is 4.99. The molecule has 3 rings (SSSR count).